The van der Waals surface area contributed by atoms with Crippen molar-refractivity contribution in [2.45, 2.75) is 32.7 Å². The predicted molar refractivity (Wildman–Crippen MR) is 83.1 cm³/mol. The van der Waals surface area contributed by atoms with Crippen LogP contribution in [0.4, 0.5) is 0 Å². The van der Waals surface area contributed by atoms with Gasteiger partial charge in [0.2, 0.25) is 0 Å². The van der Waals surface area contributed by atoms with Crippen molar-refractivity contribution in [3.05, 3.63) is 45.2 Å². The van der Waals surface area contributed by atoms with Gasteiger partial charge >= 0.3 is 0 Å². The van der Waals surface area contributed by atoms with Gasteiger partial charge in [0, 0.05) is 25.1 Å². The molecule has 0 radical (unpaired) electrons. The van der Waals surface area contributed by atoms with Gasteiger partial charge in [-0.25, -0.2) is 4.68 Å². The lowest BCUT2D eigenvalue weighted by atomic mass is 10.0. The minimum absolute atomic E-state index is 0.392. The summed E-state index contributed by atoms with van der Waals surface area (Å²) in [4.78, 5) is 0. The highest BCUT2D eigenvalue weighted by Crippen LogP contribution is 2.32. The fourth-order valence-corrected chi connectivity index (χ4v) is 3.07. The van der Waals surface area contributed by atoms with Crippen LogP contribution in [0.3, 0.4) is 0 Å². The zero-order valence-electron chi connectivity index (χ0n) is 11.6. The van der Waals surface area contributed by atoms with E-state index in [2.05, 4.69) is 19.2 Å². The molecular formula is C15H17Cl2N3. The van der Waals surface area contributed by atoms with Gasteiger partial charge < -0.3 is 5.32 Å². The number of rotatable bonds is 2. The Morgan fingerprint density at radius 3 is 2.85 bits per heavy atom. The van der Waals surface area contributed by atoms with Gasteiger partial charge in [0.15, 0.2) is 0 Å². The van der Waals surface area contributed by atoms with E-state index in [1.165, 1.54) is 11.3 Å². The third-order valence-electron chi connectivity index (χ3n) is 3.67. The first-order valence-electron chi connectivity index (χ1n) is 6.85. The maximum Gasteiger partial charge on any atom is 0.0850 e. The lowest BCUT2D eigenvalue weighted by Crippen LogP contribution is -2.25. The standard InChI is InChI=1S/C15H17Cl2N3/c1-9(2)15-10-8-18-7-6-12(10)20(19-15)13-5-3-4-11(16)14(13)17/h3-5,9,18H,6-8H2,1-2H3. The number of nitrogens with one attached hydrogen (secondary N) is 1. The van der Waals surface area contributed by atoms with E-state index in [1.54, 1.807) is 6.07 Å². The molecule has 20 heavy (non-hydrogen) atoms. The Morgan fingerprint density at radius 2 is 2.10 bits per heavy atom. The van der Waals surface area contributed by atoms with Crippen molar-refractivity contribution in [2.75, 3.05) is 6.54 Å². The molecule has 106 valence electrons. The molecule has 0 fully saturated rings. The Balaban J connectivity index is 2.21. The van der Waals surface area contributed by atoms with Gasteiger partial charge in [-0.1, -0.05) is 43.1 Å². The topological polar surface area (TPSA) is 29.9 Å². The number of fused-ring (bicyclic) bond motifs is 1. The summed E-state index contributed by atoms with van der Waals surface area (Å²) < 4.78 is 1.97. The van der Waals surface area contributed by atoms with E-state index in [9.17, 15) is 0 Å². The van der Waals surface area contributed by atoms with Crippen molar-refractivity contribution in [3.8, 4) is 5.69 Å². The Hall–Kier alpha value is -1.03. The largest absolute Gasteiger partial charge is 0.312 e. The Kier molecular flexibility index (Phi) is 3.76. The first-order valence-corrected chi connectivity index (χ1v) is 7.61. The van der Waals surface area contributed by atoms with E-state index < -0.39 is 0 Å². The summed E-state index contributed by atoms with van der Waals surface area (Å²) in [5, 5.41) is 9.34. The number of halogens is 2. The second kappa shape index (κ2) is 5.40. The summed E-state index contributed by atoms with van der Waals surface area (Å²) in [6.45, 7) is 6.18. The molecule has 1 aromatic carbocycles. The molecule has 3 nitrogen and oxygen atoms in total. The second-order valence-electron chi connectivity index (χ2n) is 5.38. The first kappa shape index (κ1) is 13.9. The third kappa shape index (κ3) is 2.24. The van der Waals surface area contributed by atoms with Gasteiger partial charge in [-0.15, -0.1) is 0 Å². The summed E-state index contributed by atoms with van der Waals surface area (Å²) in [5.41, 5.74) is 4.56. The van der Waals surface area contributed by atoms with Gasteiger partial charge in [0.05, 0.1) is 27.1 Å². The van der Waals surface area contributed by atoms with Gasteiger partial charge in [-0.3, -0.25) is 0 Å². The fraction of sp³-hybridized carbons (Fsp3) is 0.400. The van der Waals surface area contributed by atoms with E-state index in [0.717, 1.165) is 30.9 Å². The number of aromatic nitrogens is 2. The van der Waals surface area contributed by atoms with E-state index in [-0.39, 0.29) is 0 Å². The zero-order chi connectivity index (χ0) is 14.3. The summed E-state index contributed by atoms with van der Waals surface area (Å²) in [7, 11) is 0. The smallest absolute Gasteiger partial charge is 0.0850 e. The predicted octanol–water partition coefficient (Wildman–Crippen LogP) is 3.95. The van der Waals surface area contributed by atoms with Crippen molar-refractivity contribution in [3.63, 3.8) is 0 Å². The Bertz CT molecular complexity index is 647. The van der Waals surface area contributed by atoms with Crippen LogP contribution >= 0.6 is 23.2 Å². The normalized spacial score (nSPS) is 14.7. The summed E-state index contributed by atoms with van der Waals surface area (Å²) in [6.07, 6.45) is 0.956. The molecule has 0 atom stereocenters. The number of hydrogen-bond acceptors (Lipinski definition) is 2. The summed E-state index contributed by atoms with van der Waals surface area (Å²) in [5.74, 6) is 0.392. The average Bonchev–Trinajstić information content (AvgIpc) is 2.82. The molecule has 0 spiro atoms. The molecule has 1 aliphatic heterocycles. The first-order chi connectivity index (χ1) is 9.59. The SMILES string of the molecule is CC(C)c1nn(-c2cccc(Cl)c2Cl)c2c1CNCC2. The van der Waals surface area contributed by atoms with Crippen LogP contribution in [0.25, 0.3) is 5.69 Å². The van der Waals surface area contributed by atoms with Crippen LogP contribution in [-0.4, -0.2) is 16.3 Å². The molecule has 0 amide bonds. The van der Waals surface area contributed by atoms with E-state index >= 15 is 0 Å². The molecule has 0 unspecified atom stereocenters. The molecule has 0 bridgehead atoms. The molecular weight excluding hydrogens is 293 g/mol. The number of nitrogens with zero attached hydrogens (tertiary/aromatic N) is 2. The lowest BCUT2D eigenvalue weighted by molar-refractivity contribution is 0.620. The second-order valence-corrected chi connectivity index (χ2v) is 6.16. The molecule has 1 aliphatic rings. The van der Waals surface area contributed by atoms with Crippen LogP contribution in [0.1, 0.15) is 36.7 Å². The maximum atomic E-state index is 6.35. The highest BCUT2D eigenvalue weighted by atomic mass is 35.5. The van der Waals surface area contributed by atoms with Gasteiger partial charge in [-0.05, 0) is 18.1 Å². The van der Waals surface area contributed by atoms with Crippen molar-refractivity contribution < 1.29 is 0 Å². The van der Waals surface area contributed by atoms with E-state index in [0.29, 0.717) is 16.0 Å². The van der Waals surface area contributed by atoms with Crippen molar-refractivity contribution in [1.29, 1.82) is 0 Å². The van der Waals surface area contributed by atoms with Gasteiger partial charge in [0.1, 0.15) is 0 Å². The van der Waals surface area contributed by atoms with Crippen LogP contribution in [-0.2, 0) is 13.0 Å². The Labute approximate surface area is 128 Å². The molecule has 0 aliphatic carbocycles. The molecule has 1 aromatic heterocycles. The zero-order valence-corrected chi connectivity index (χ0v) is 13.1. The van der Waals surface area contributed by atoms with Crippen LogP contribution in [0.2, 0.25) is 10.0 Å². The minimum Gasteiger partial charge on any atom is -0.312 e. The fourth-order valence-electron chi connectivity index (χ4n) is 2.69. The molecule has 5 heteroatoms. The van der Waals surface area contributed by atoms with Gasteiger partial charge in [0.25, 0.3) is 0 Å². The Morgan fingerprint density at radius 1 is 1.30 bits per heavy atom. The number of benzene rings is 1. The molecule has 1 N–H and O–H groups in total. The summed E-state index contributed by atoms with van der Waals surface area (Å²) in [6, 6.07) is 5.68. The average molecular weight is 310 g/mol. The van der Waals surface area contributed by atoms with Crippen molar-refractivity contribution >= 4 is 23.2 Å². The van der Waals surface area contributed by atoms with Crippen LogP contribution in [0.5, 0.6) is 0 Å². The number of hydrogen-bond donors (Lipinski definition) is 1. The lowest BCUT2D eigenvalue weighted by Gasteiger charge is -2.16. The van der Waals surface area contributed by atoms with E-state index in [4.69, 9.17) is 28.3 Å². The van der Waals surface area contributed by atoms with Crippen molar-refractivity contribution in [2.24, 2.45) is 0 Å². The minimum atomic E-state index is 0.392. The molecule has 0 saturated heterocycles. The third-order valence-corrected chi connectivity index (χ3v) is 4.48. The monoisotopic (exact) mass is 309 g/mol. The summed E-state index contributed by atoms with van der Waals surface area (Å²) >= 11 is 12.5. The molecule has 2 aromatic rings. The van der Waals surface area contributed by atoms with Crippen LogP contribution in [0.15, 0.2) is 18.2 Å². The molecule has 2 heterocycles. The van der Waals surface area contributed by atoms with Crippen molar-refractivity contribution in [1.82, 2.24) is 15.1 Å². The van der Waals surface area contributed by atoms with E-state index in [1.807, 2.05) is 16.8 Å². The quantitative estimate of drug-likeness (QED) is 0.910. The highest BCUT2D eigenvalue weighted by molar-refractivity contribution is 6.43. The van der Waals surface area contributed by atoms with Crippen LogP contribution < -0.4 is 5.32 Å². The highest BCUT2D eigenvalue weighted by Gasteiger charge is 2.23. The molecule has 3 rings (SSSR count). The maximum absolute atomic E-state index is 6.35. The van der Waals surface area contributed by atoms with Gasteiger partial charge in [-0.2, -0.15) is 5.10 Å². The molecule has 0 saturated carbocycles. The van der Waals surface area contributed by atoms with Crippen LogP contribution in [0, 0.1) is 0 Å².